The van der Waals surface area contributed by atoms with Crippen molar-refractivity contribution >= 4 is 15.9 Å². The van der Waals surface area contributed by atoms with Gasteiger partial charge in [0.25, 0.3) is 0 Å². The monoisotopic (exact) mass is 344 g/mol. The van der Waals surface area contributed by atoms with Gasteiger partial charge >= 0.3 is 0 Å². The minimum absolute atomic E-state index is 0.880. The van der Waals surface area contributed by atoms with Gasteiger partial charge in [-0.2, -0.15) is 5.10 Å². The molecule has 116 valence electrons. The molecule has 0 saturated carbocycles. The minimum Gasteiger partial charge on any atom is -0.310 e. The lowest BCUT2D eigenvalue weighted by Crippen LogP contribution is -2.32. The second-order valence-corrected chi connectivity index (χ2v) is 5.78. The smallest absolute Gasteiger partial charge is 0.0767 e. The molecule has 0 aromatic carbocycles. The Morgan fingerprint density at radius 3 is 2.50 bits per heavy atom. The largest absolute Gasteiger partial charge is 0.310 e. The van der Waals surface area contributed by atoms with Crippen molar-refractivity contribution in [1.29, 1.82) is 0 Å². The van der Waals surface area contributed by atoms with E-state index < -0.39 is 0 Å². The van der Waals surface area contributed by atoms with E-state index in [1.54, 1.807) is 0 Å². The van der Waals surface area contributed by atoms with E-state index in [-0.39, 0.29) is 0 Å². The number of hydrogen-bond donors (Lipinski definition) is 1. The first-order chi connectivity index (χ1) is 9.67. The lowest BCUT2D eigenvalue weighted by atomic mass is 10.3. The molecular weight excluding hydrogens is 316 g/mol. The molecule has 0 atom stereocenters. The first kappa shape index (κ1) is 17.7. The van der Waals surface area contributed by atoms with Crippen molar-refractivity contribution in [3.63, 3.8) is 0 Å². The van der Waals surface area contributed by atoms with Crippen LogP contribution >= 0.6 is 15.9 Å². The maximum atomic E-state index is 4.63. The molecule has 0 aliphatic rings. The van der Waals surface area contributed by atoms with Crippen molar-refractivity contribution in [3.05, 3.63) is 15.9 Å². The number of hydrogen-bond acceptors (Lipinski definition) is 3. The van der Waals surface area contributed by atoms with Crippen LogP contribution in [0.15, 0.2) is 4.47 Å². The summed E-state index contributed by atoms with van der Waals surface area (Å²) in [4.78, 5) is 2.48. The third kappa shape index (κ3) is 4.86. The van der Waals surface area contributed by atoms with Gasteiger partial charge in [0.15, 0.2) is 0 Å². The number of halogens is 1. The zero-order chi connectivity index (χ0) is 15.0. The Bertz CT molecular complexity index is 389. The molecule has 5 heteroatoms. The fourth-order valence-corrected chi connectivity index (χ4v) is 3.08. The minimum atomic E-state index is 0.880. The first-order valence-corrected chi connectivity index (χ1v) is 8.64. The third-order valence-electron chi connectivity index (χ3n) is 3.58. The van der Waals surface area contributed by atoms with Gasteiger partial charge in [0.2, 0.25) is 0 Å². The molecule has 4 nitrogen and oxygen atoms in total. The van der Waals surface area contributed by atoms with Gasteiger partial charge in [-0.25, -0.2) is 0 Å². The fourth-order valence-electron chi connectivity index (χ4n) is 2.37. The number of rotatable bonds is 10. The van der Waals surface area contributed by atoms with Gasteiger partial charge in [-0.05, 0) is 48.8 Å². The van der Waals surface area contributed by atoms with Crippen molar-refractivity contribution in [1.82, 2.24) is 20.0 Å². The summed E-state index contributed by atoms with van der Waals surface area (Å²) >= 11 is 3.69. The molecule has 0 aliphatic carbocycles. The van der Waals surface area contributed by atoms with Crippen molar-refractivity contribution < 1.29 is 0 Å². The zero-order valence-electron chi connectivity index (χ0n) is 13.4. The Kier molecular flexibility index (Phi) is 8.41. The second kappa shape index (κ2) is 9.53. The highest BCUT2D eigenvalue weighted by Gasteiger charge is 2.13. The average molecular weight is 345 g/mol. The number of nitrogens with zero attached hydrogens (tertiary/aromatic N) is 3. The highest BCUT2D eigenvalue weighted by Crippen LogP contribution is 2.22. The van der Waals surface area contributed by atoms with Crippen molar-refractivity contribution in [2.24, 2.45) is 0 Å². The van der Waals surface area contributed by atoms with E-state index in [2.05, 4.69) is 63.6 Å². The average Bonchev–Trinajstić information content (AvgIpc) is 2.78. The maximum absolute atomic E-state index is 4.63. The molecule has 1 aromatic heterocycles. The highest BCUT2D eigenvalue weighted by molar-refractivity contribution is 9.10. The molecule has 0 bridgehead atoms. The first-order valence-electron chi connectivity index (χ1n) is 7.84. The van der Waals surface area contributed by atoms with Crippen LogP contribution in [-0.2, 0) is 19.5 Å². The molecule has 1 aromatic rings. The van der Waals surface area contributed by atoms with Crippen molar-refractivity contribution in [2.75, 3.05) is 26.2 Å². The van der Waals surface area contributed by atoms with Gasteiger partial charge in [-0.3, -0.25) is 4.68 Å². The van der Waals surface area contributed by atoms with Gasteiger partial charge in [-0.15, -0.1) is 0 Å². The van der Waals surface area contributed by atoms with E-state index >= 15 is 0 Å². The summed E-state index contributed by atoms with van der Waals surface area (Å²) in [6.45, 7) is 15.0. The molecule has 0 radical (unpaired) electrons. The molecule has 1 N–H and O–H groups in total. The SMILES string of the molecule is CCCN(CC)CCNCc1c(Br)c(CC)nn1CC. The summed E-state index contributed by atoms with van der Waals surface area (Å²) in [5.41, 5.74) is 2.42. The van der Waals surface area contributed by atoms with Crippen LogP contribution in [0.4, 0.5) is 0 Å². The molecule has 0 aliphatic heterocycles. The van der Waals surface area contributed by atoms with E-state index in [1.165, 1.54) is 23.1 Å². The normalized spacial score (nSPS) is 11.5. The van der Waals surface area contributed by atoms with Crippen molar-refractivity contribution in [2.45, 2.75) is 53.6 Å². The highest BCUT2D eigenvalue weighted by atomic mass is 79.9. The molecule has 0 amide bonds. The van der Waals surface area contributed by atoms with Crippen LogP contribution < -0.4 is 5.32 Å². The van der Waals surface area contributed by atoms with E-state index in [9.17, 15) is 0 Å². The van der Waals surface area contributed by atoms with Gasteiger partial charge in [0.05, 0.1) is 15.9 Å². The molecule has 1 heterocycles. The summed E-state index contributed by atoms with van der Waals surface area (Å²) in [5.74, 6) is 0. The van der Waals surface area contributed by atoms with E-state index in [4.69, 9.17) is 0 Å². The number of aryl methyl sites for hydroxylation is 2. The summed E-state index contributed by atoms with van der Waals surface area (Å²) < 4.78 is 3.27. The topological polar surface area (TPSA) is 33.1 Å². The lowest BCUT2D eigenvalue weighted by molar-refractivity contribution is 0.287. The zero-order valence-corrected chi connectivity index (χ0v) is 15.0. The van der Waals surface area contributed by atoms with Gasteiger partial charge in [-0.1, -0.05) is 20.8 Å². The number of nitrogens with one attached hydrogen (secondary N) is 1. The summed E-state index contributed by atoms with van der Waals surface area (Å²) in [6, 6.07) is 0. The van der Waals surface area contributed by atoms with Crippen molar-refractivity contribution in [3.8, 4) is 0 Å². The van der Waals surface area contributed by atoms with Crippen LogP contribution in [0.25, 0.3) is 0 Å². The van der Waals surface area contributed by atoms with Crippen LogP contribution in [0.2, 0.25) is 0 Å². The Hall–Kier alpha value is -0.390. The standard InChI is InChI=1S/C15H29BrN4/c1-5-10-19(7-3)11-9-17-12-14-15(16)13(6-2)18-20(14)8-4/h17H,5-12H2,1-4H3. The van der Waals surface area contributed by atoms with Crippen LogP contribution in [0.1, 0.15) is 45.5 Å². The third-order valence-corrected chi connectivity index (χ3v) is 4.49. The van der Waals surface area contributed by atoms with Crippen LogP contribution in [-0.4, -0.2) is 40.9 Å². The molecule has 0 fully saturated rings. The van der Waals surface area contributed by atoms with E-state index in [1.807, 2.05) is 0 Å². The Morgan fingerprint density at radius 1 is 1.20 bits per heavy atom. The van der Waals surface area contributed by atoms with Gasteiger partial charge in [0, 0.05) is 26.2 Å². The van der Waals surface area contributed by atoms with Crippen LogP contribution in [0.3, 0.4) is 0 Å². The predicted molar refractivity (Wildman–Crippen MR) is 89.1 cm³/mol. The number of likely N-dealkylation sites (N-methyl/N-ethyl adjacent to an activating group) is 1. The van der Waals surface area contributed by atoms with E-state index in [0.29, 0.717) is 0 Å². The predicted octanol–water partition coefficient (Wildman–Crippen LogP) is 3.05. The Morgan fingerprint density at radius 2 is 1.95 bits per heavy atom. The van der Waals surface area contributed by atoms with E-state index in [0.717, 1.165) is 44.8 Å². The molecular formula is C15H29BrN4. The van der Waals surface area contributed by atoms with Crippen LogP contribution in [0.5, 0.6) is 0 Å². The summed E-state index contributed by atoms with van der Waals surface area (Å²) in [6.07, 6.45) is 2.20. The molecule has 1 rings (SSSR count). The lowest BCUT2D eigenvalue weighted by Gasteiger charge is -2.19. The van der Waals surface area contributed by atoms with Gasteiger partial charge < -0.3 is 10.2 Å². The Labute approximate surface area is 132 Å². The molecule has 0 unspecified atom stereocenters. The fraction of sp³-hybridized carbons (Fsp3) is 0.800. The molecule has 20 heavy (non-hydrogen) atoms. The maximum Gasteiger partial charge on any atom is 0.0767 e. The molecule has 0 spiro atoms. The quantitative estimate of drug-likeness (QED) is 0.662. The van der Waals surface area contributed by atoms with Gasteiger partial charge in [0.1, 0.15) is 0 Å². The molecule has 0 saturated heterocycles. The Balaban J connectivity index is 2.47. The summed E-state index contributed by atoms with van der Waals surface area (Å²) in [5, 5.41) is 8.17. The summed E-state index contributed by atoms with van der Waals surface area (Å²) in [7, 11) is 0. The second-order valence-electron chi connectivity index (χ2n) is 4.99. The number of aromatic nitrogens is 2. The van der Waals surface area contributed by atoms with Crippen LogP contribution in [0, 0.1) is 0 Å².